The predicted octanol–water partition coefficient (Wildman–Crippen LogP) is 2.79. The lowest BCUT2D eigenvalue weighted by molar-refractivity contribution is -0.120. The van der Waals surface area contributed by atoms with Crippen molar-refractivity contribution in [3.63, 3.8) is 0 Å². The van der Waals surface area contributed by atoms with Crippen LogP contribution in [0.25, 0.3) is 0 Å². The van der Waals surface area contributed by atoms with Crippen molar-refractivity contribution in [3.8, 4) is 0 Å². The second kappa shape index (κ2) is 7.24. The molecule has 0 bridgehead atoms. The maximum atomic E-state index is 12.7. The minimum absolute atomic E-state index is 0.277. The molecule has 116 valence electrons. The van der Waals surface area contributed by atoms with Crippen LogP contribution >= 0.6 is 11.3 Å². The molecule has 0 aliphatic carbocycles. The van der Waals surface area contributed by atoms with Crippen LogP contribution in [-0.4, -0.2) is 37.9 Å². The van der Waals surface area contributed by atoms with Crippen molar-refractivity contribution in [2.24, 2.45) is 0 Å². The van der Waals surface area contributed by atoms with E-state index in [2.05, 4.69) is 10.3 Å². The zero-order chi connectivity index (χ0) is 15.3. The molecule has 0 atom stereocenters. The summed E-state index contributed by atoms with van der Waals surface area (Å²) in [4.78, 5) is 6.47. The molecule has 0 unspecified atom stereocenters. The van der Waals surface area contributed by atoms with E-state index >= 15 is 0 Å². The van der Waals surface area contributed by atoms with E-state index in [4.69, 9.17) is 4.74 Å². The van der Waals surface area contributed by atoms with Gasteiger partial charge in [-0.3, -0.25) is 0 Å². The normalized spacial score (nSPS) is 12.2. The highest BCUT2D eigenvalue weighted by molar-refractivity contribution is 7.15. The molecule has 0 saturated carbocycles. The number of thiazole rings is 1. The Bertz CT molecular complexity index is 397. The van der Waals surface area contributed by atoms with Gasteiger partial charge < -0.3 is 15.0 Å². The summed E-state index contributed by atoms with van der Waals surface area (Å²) < 4.78 is 43.0. The van der Waals surface area contributed by atoms with Crippen molar-refractivity contribution < 1.29 is 17.9 Å². The summed E-state index contributed by atoms with van der Waals surface area (Å²) in [5.74, 6) is 0. The third-order valence-electron chi connectivity index (χ3n) is 2.60. The quantitative estimate of drug-likeness (QED) is 0.840. The van der Waals surface area contributed by atoms with Gasteiger partial charge in [-0.15, -0.1) is 11.3 Å². The van der Waals surface area contributed by atoms with E-state index in [1.54, 1.807) is 20.9 Å². The number of methoxy groups -OCH3 is 1. The molecular formula is C12H20F3N3OS. The van der Waals surface area contributed by atoms with E-state index in [1.165, 1.54) is 23.3 Å². The first kappa shape index (κ1) is 17.2. The number of ether oxygens (including phenoxy) is 1. The summed E-state index contributed by atoms with van der Waals surface area (Å²) in [5.41, 5.74) is 0.690. The summed E-state index contributed by atoms with van der Waals surface area (Å²) >= 11 is 1.27. The number of nitrogens with zero attached hydrogens (tertiary/aromatic N) is 2. The summed E-state index contributed by atoms with van der Waals surface area (Å²) in [6.07, 6.45) is -4.25. The number of halogens is 3. The van der Waals surface area contributed by atoms with Gasteiger partial charge in [-0.1, -0.05) is 0 Å². The van der Waals surface area contributed by atoms with Gasteiger partial charge in [0.05, 0.1) is 12.3 Å². The molecule has 0 amide bonds. The second-order valence-electron chi connectivity index (χ2n) is 4.67. The fraction of sp³-hybridized carbons (Fsp3) is 0.750. The van der Waals surface area contributed by atoms with Gasteiger partial charge in [0.2, 0.25) is 0 Å². The van der Waals surface area contributed by atoms with Gasteiger partial charge in [-0.05, 0) is 20.9 Å². The average Bonchev–Trinajstić information content (AvgIpc) is 2.69. The van der Waals surface area contributed by atoms with Crippen LogP contribution in [0.3, 0.4) is 0 Å². The first-order chi connectivity index (χ1) is 9.28. The molecule has 1 N–H and O–H groups in total. The highest BCUT2D eigenvalue weighted by atomic mass is 32.1. The Labute approximate surface area is 120 Å². The molecule has 0 spiro atoms. The Balaban J connectivity index is 3.04. The van der Waals surface area contributed by atoms with Crippen LogP contribution in [0.15, 0.2) is 0 Å². The lowest BCUT2D eigenvalue weighted by Gasteiger charge is -2.27. The number of alkyl halides is 3. The Morgan fingerprint density at radius 1 is 1.40 bits per heavy atom. The van der Waals surface area contributed by atoms with Crippen molar-refractivity contribution in [3.05, 3.63) is 10.6 Å². The molecular weight excluding hydrogens is 291 g/mol. The lowest BCUT2D eigenvalue weighted by Crippen LogP contribution is -2.39. The van der Waals surface area contributed by atoms with Crippen molar-refractivity contribution in [2.45, 2.75) is 39.2 Å². The van der Waals surface area contributed by atoms with Crippen LogP contribution in [0.1, 0.15) is 24.4 Å². The largest absolute Gasteiger partial charge is 0.406 e. The third kappa shape index (κ3) is 4.92. The fourth-order valence-electron chi connectivity index (χ4n) is 1.70. The first-order valence-corrected chi connectivity index (χ1v) is 7.05. The number of rotatable bonds is 7. The van der Waals surface area contributed by atoms with Gasteiger partial charge in [0, 0.05) is 24.6 Å². The maximum absolute atomic E-state index is 12.7. The standard InChI is InChI=1S/C12H20F3N3OS/c1-8(2)18(7-12(13,14)15)11-17-9(6-19-4)10(20-11)5-16-3/h8,16H,5-7H2,1-4H3. The molecule has 0 aromatic carbocycles. The predicted molar refractivity (Wildman–Crippen MR) is 74.1 cm³/mol. The van der Waals surface area contributed by atoms with Crippen molar-refractivity contribution in [1.82, 2.24) is 10.3 Å². The van der Waals surface area contributed by atoms with Crippen molar-refractivity contribution in [1.29, 1.82) is 0 Å². The Kier molecular flexibility index (Phi) is 6.22. The smallest absolute Gasteiger partial charge is 0.378 e. The number of hydrogen-bond donors (Lipinski definition) is 1. The monoisotopic (exact) mass is 311 g/mol. The van der Waals surface area contributed by atoms with Gasteiger partial charge in [0.15, 0.2) is 5.13 Å². The van der Waals surface area contributed by atoms with Gasteiger partial charge in [0.1, 0.15) is 6.54 Å². The highest BCUT2D eigenvalue weighted by Gasteiger charge is 2.33. The number of anilines is 1. The molecule has 0 fully saturated rings. The molecule has 0 radical (unpaired) electrons. The molecule has 1 aromatic heterocycles. The highest BCUT2D eigenvalue weighted by Crippen LogP contribution is 2.30. The third-order valence-corrected chi connectivity index (χ3v) is 3.74. The zero-order valence-electron chi connectivity index (χ0n) is 12.0. The molecule has 1 aromatic rings. The van der Waals surface area contributed by atoms with E-state index < -0.39 is 12.7 Å². The van der Waals surface area contributed by atoms with Gasteiger partial charge >= 0.3 is 6.18 Å². The number of nitrogens with one attached hydrogen (secondary N) is 1. The Hall–Kier alpha value is -0.860. The minimum Gasteiger partial charge on any atom is -0.378 e. The number of hydrogen-bond acceptors (Lipinski definition) is 5. The summed E-state index contributed by atoms with van der Waals surface area (Å²) in [5, 5.41) is 3.37. The average molecular weight is 311 g/mol. The second-order valence-corrected chi connectivity index (χ2v) is 5.73. The maximum Gasteiger partial charge on any atom is 0.406 e. The molecule has 1 rings (SSSR count). The van der Waals surface area contributed by atoms with Gasteiger partial charge in [-0.25, -0.2) is 4.98 Å². The van der Waals surface area contributed by atoms with E-state index in [9.17, 15) is 13.2 Å². The zero-order valence-corrected chi connectivity index (χ0v) is 12.9. The van der Waals surface area contributed by atoms with Crippen molar-refractivity contribution in [2.75, 3.05) is 25.6 Å². The Morgan fingerprint density at radius 3 is 2.50 bits per heavy atom. The van der Waals surface area contributed by atoms with Crippen LogP contribution in [-0.2, 0) is 17.9 Å². The van der Waals surface area contributed by atoms with Gasteiger partial charge in [-0.2, -0.15) is 13.2 Å². The van der Waals surface area contributed by atoms with Crippen LogP contribution in [0.2, 0.25) is 0 Å². The van der Waals surface area contributed by atoms with Gasteiger partial charge in [0.25, 0.3) is 0 Å². The van der Waals surface area contributed by atoms with Crippen LogP contribution in [0, 0.1) is 0 Å². The van der Waals surface area contributed by atoms with E-state index in [0.29, 0.717) is 24.0 Å². The topological polar surface area (TPSA) is 37.4 Å². The lowest BCUT2D eigenvalue weighted by atomic mass is 10.3. The minimum atomic E-state index is -4.25. The van der Waals surface area contributed by atoms with Crippen LogP contribution < -0.4 is 10.2 Å². The molecule has 0 aliphatic heterocycles. The SMILES string of the molecule is CNCc1sc(N(CC(F)(F)F)C(C)C)nc1COC. The van der Waals surface area contributed by atoms with E-state index in [1.807, 2.05) is 0 Å². The van der Waals surface area contributed by atoms with Crippen LogP contribution in [0.5, 0.6) is 0 Å². The first-order valence-electron chi connectivity index (χ1n) is 6.24. The number of aromatic nitrogens is 1. The molecule has 4 nitrogen and oxygen atoms in total. The summed E-state index contributed by atoms with van der Waals surface area (Å²) in [6.45, 7) is 3.31. The van der Waals surface area contributed by atoms with Crippen LogP contribution in [0.4, 0.5) is 18.3 Å². The molecule has 0 aliphatic rings. The molecule has 1 heterocycles. The summed E-state index contributed by atoms with van der Waals surface area (Å²) in [6, 6.07) is -0.277. The molecule has 20 heavy (non-hydrogen) atoms. The van der Waals surface area contributed by atoms with E-state index in [0.717, 1.165) is 4.88 Å². The Morgan fingerprint density at radius 2 is 2.05 bits per heavy atom. The van der Waals surface area contributed by atoms with E-state index in [-0.39, 0.29) is 6.04 Å². The fourth-order valence-corrected chi connectivity index (χ4v) is 2.91. The summed E-state index contributed by atoms with van der Waals surface area (Å²) in [7, 11) is 3.32. The van der Waals surface area contributed by atoms with Crippen molar-refractivity contribution >= 4 is 16.5 Å². The molecule has 8 heteroatoms. The molecule has 0 saturated heterocycles.